The van der Waals surface area contributed by atoms with Crippen LogP contribution < -0.4 is 5.32 Å². The molecule has 4 unspecified atom stereocenters. The molecule has 0 aromatic heterocycles. The maximum absolute atomic E-state index is 13.2. The van der Waals surface area contributed by atoms with E-state index in [0.717, 1.165) is 41.8 Å². The maximum atomic E-state index is 13.2. The smallest absolute Gasteiger partial charge is 0.126 e. The minimum absolute atomic E-state index is 0.0971. The van der Waals surface area contributed by atoms with Gasteiger partial charge in [0, 0.05) is 12.6 Å². The van der Waals surface area contributed by atoms with Gasteiger partial charge in [-0.2, -0.15) is 0 Å². The normalized spacial score (nSPS) is 40.0. The van der Waals surface area contributed by atoms with Gasteiger partial charge < -0.3 is 5.32 Å². The van der Waals surface area contributed by atoms with E-state index >= 15 is 0 Å². The number of benzene rings is 1. The summed E-state index contributed by atoms with van der Waals surface area (Å²) in [4.78, 5) is 0. The van der Waals surface area contributed by atoms with E-state index in [1.807, 2.05) is 19.1 Å². The van der Waals surface area contributed by atoms with Crippen LogP contribution in [0.4, 0.5) is 4.39 Å². The molecule has 3 saturated carbocycles. The molecule has 0 aliphatic heterocycles. The number of rotatable bonds is 3. The van der Waals surface area contributed by atoms with E-state index < -0.39 is 0 Å². The van der Waals surface area contributed by atoms with Crippen LogP contribution in [0.5, 0.6) is 0 Å². The molecular weight excluding hydrogens is 225 g/mol. The summed E-state index contributed by atoms with van der Waals surface area (Å²) in [5.41, 5.74) is 1.97. The molecule has 3 fully saturated rings. The minimum atomic E-state index is -0.0971. The topological polar surface area (TPSA) is 12.0 Å². The molecule has 0 heterocycles. The molecule has 0 radical (unpaired) electrons. The average Bonchev–Trinajstić information content (AvgIpc) is 2.76. The van der Waals surface area contributed by atoms with E-state index in [-0.39, 0.29) is 5.82 Å². The highest BCUT2D eigenvalue weighted by molar-refractivity contribution is 5.24. The fourth-order valence-corrected chi connectivity index (χ4v) is 4.65. The molecule has 1 N–H and O–H groups in total. The van der Waals surface area contributed by atoms with Gasteiger partial charge in [-0.3, -0.25) is 0 Å². The van der Waals surface area contributed by atoms with Crippen molar-refractivity contribution in [3.8, 4) is 0 Å². The van der Waals surface area contributed by atoms with Crippen molar-refractivity contribution < 1.29 is 4.39 Å². The predicted molar refractivity (Wildman–Crippen MR) is 69.6 cm³/mol. The zero-order valence-electron chi connectivity index (χ0n) is 10.8. The molecule has 0 saturated heterocycles. The summed E-state index contributed by atoms with van der Waals surface area (Å²) < 4.78 is 13.2. The van der Waals surface area contributed by atoms with Gasteiger partial charge in [0.15, 0.2) is 0 Å². The van der Waals surface area contributed by atoms with Gasteiger partial charge in [0.1, 0.15) is 5.82 Å². The molecule has 1 aromatic rings. The van der Waals surface area contributed by atoms with Crippen LogP contribution >= 0.6 is 0 Å². The summed E-state index contributed by atoms with van der Waals surface area (Å²) in [5, 5.41) is 3.70. The van der Waals surface area contributed by atoms with Crippen molar-refractivity contribution in [1.82, 2.24) is 5.32 Å². The highest BCUT2D eigenvalue weighted by Gasteiger charge is 2.64. The molecule has 3 aliphatic rings. The minimum Gasteiger partial charge on any atom is -0.309 e. The Labute approximate surface area is 108 Å². The van der Waals surface area contributed by atoms with Gasteiger partial charge in [-0.15, -0.1) is 0 Å². The Hall–Kier alpha value is -0.890. The van der Waals surface area contributed by atoms with Crippen LogP contribution in [0.3, 0.4) is 0 Å². The number of aryl methyl sites for hydroxylation is 1. The van der Waals surface area contributed by atoms with Crippen molar-refractivity contribution in [1.29, 1.82) is 0 Å². The third kappa shape index (κ3) is 1.55. The summed E-state index contributed by atoms with van der Waals surface area (Å²) >= 11 is 0. The first-order valence-electron chi connectivity index (χ1n) is 7.22. The number of hydrogen-bond acceptors (Lipinski definition) is 1. The Morgan fingerprint density at radius 2 is 1.94 bits per heavy atom. The quantitative estimate of drug-likeness (QED) is 0.862. The van der Waals surface area contributed by atoms with Crippen LogP contribution in [-0.2, 0) is 6.54 Å². The third-order valence-corrected chi connectivity index (χ3v) is 5.50. The van der Waals surface area contributed by atoms with Crippen molar-refractivity contribution in [2.24, 2.45) is 23.7 Å². The van der Waals surface area contributed by atoms with Crippen molar-refractivity contribution >= 4 is 0 Å². The Kier molecular flexibility index (Phi) is 2.32. The van der Waals surface area contributed by atoms with Gasteiger partial charge >= 0.3 is 0 Å². The SMILES string of the molecule is Cc1cc(CNC2C3C4CCC(C4)C23)ccc1F. The second-order valence-electron chi connectivity index (χ2n) is 6.48. The van der Waals surface area contributed by atoms with Gasteiger partial charge in [-0.25, -0.2) is 4.39 Å². The average molecular weight is 245 g/mol. The molecular formula is C16H20FN. The van der Waals surface area contributed by atoms with Crippen molar-refractivity contribution in [3.05, 3.63) is 35.1 Å². The van der Waals surface area contributed by atoms with Gasteiger partial charge in [0.2, 0.25) is 0 Å². The Morgan fingerprint density at radius 1 is 1.22 bits per heavy atom. The summed E-state index contributed by atoms with van der Waals surface area (Å²) in [6.07, 6.45) is 4.45. The molecule has 1 nitrogen and oxygen atoms in total. The molecule has 1 aromatic carbocycles. The molecule has 2 bridgehead atoms. The highest BCUT2D eigenvalue weighted by Crippen LogP contribution is 2.65. The van der Waals surface area contributed by atoms with Crippen LogP contribution in [-0.4, -0.2) is 6.04 Å². The second kappa shape index (κ2) is 3.80. The van der Waals surface area contributed by atoms with Gasteiger partial charge in [0.25, 0.3) is 0 Å². The van der Waals surface area contributed by atoms with Crippen LogP contribution in [0.1, 0.15) is 30.4 Å². The summed E-state index contributed by atoms with van der Waals surface area (Å²) in [6, 6.07) is 6.22. The second-order valence-corrected chi connectivity index (χ2v) is 6.48. The molecule has 0 spiro atoms. The third-order valence-electron chi connectivity index (χ3n) is 5.50. The molecule has 4 atom stereocenters. The number of hydrogen-bond donors (Lipinski definition) is 1. The monoisotopic (exact) mass is 245 g/mol. The number of nitrogens with one attached hydrogen (secondary N) is 1. The van der Waals surface area contributed by atoms with Crippen LogP contribution in [0, 0.1) is 36.4 Å². The van der Waals surface area contributed by atoms with E-state index in [4.69, 9.17) is 0 Å². The number of fused-ring (bicyclic) bond motifs is 5. The Bertz CT molecular complexity index is 468. The summed E-state index contributed by atoms with van der Waals surface area (Å²) in [5.74, 6) is 3.90. The Morgan fingerprint density at radius 3 is 2.61 bits per heavy atom. The van der Waals surface area contributed by atoms with Gasteiger partial charge in [-0.05, 0) is 67.1 Å². The van der Waals surface area contributed by atoms with Gasteiger partial charge in [-0.1, -0.05) is 12.1 Å². The lowest BCUT2D eigenvalue weighted by Gasteiger charge is -2.11. The molecule has 18 heavy (non-hydrogen) atoms. The fourth-order valence-electron chi connectivity index (χ4n) is 4.65. The summed E-state index contributed by atoms with van der Waals surface area (Å²) in [7, 11) is 0. The molecule has 0 amide bonds. The lowest BCUT2D eigenvalue weighted by molar-refractivity contribution is 0.456. The van der Waals surface area contributed by atoms with Crippen LogP contribution in [0.15, 0.2) is 18.2 Å². The van der Waals surface area contributed by atoms with E-state index in [0.29, 0.717) is 0 Å². The highest BCUT2D eigenvalue weighted by atomic mass is 19.1. The first kappa shape index (κ1) is 11.0. The van der Waals surface area contributed by atoms with Crippen molar-refractivity contribution in [3.63, 3.8) is 0 Å². The zero-order chi connectivity index (χ0) is 12.3. The van der Waals surface area contributed by atoms with Crippen molar-refractivity contribution in [2.45, 2.75) is 38.8 Å². The first-order chi connectivity index (χ1) is 8.74. The van der Waals surface area contributed by atoms with Crippen LogP contribution in [0.2, 0.25) is 0 Å². The largest absolute Gasteiger partial charge is 0.309 e. The van der Waals surface area contributed by atoms with E-state index in [2.05, 4.69) is 5.32 Å². The number of halogens is 1. The van der Waals surface area contributed by atoms with Gasteiger partial charge in [0.05, 0.1) is 0 Å². The predicted octanol–water partition coefficient (Wildman–Crippen LogP) is 3.27. The standard InChI is InChI=1S/C16H20FN/c1-9-6-10(2-5-13(9)17)8-18-16-14-11-3-4-12(7-11)15(14)16/h2,5-6,11-12,14-16,18H,3-4,7-8H2,1H3. The van der Waals surface area contributed by atoms with E-state index in [9.17, 15) is 4.39 Å². The fraction of sp³-hybridized carbons (Fsp3) is 0.625. The zero-order valence-corrected chi connectivity index (χ0v) is 10.8. The maximum Gasteiger partial charge on any atom is 0.126 e. The Balaban J connectivity index is 1.39. The lowest BCUT2D eigenvalue weighted by Crippen LogP contribution is -2.22. The molecule has 2 heteroatoms. The van der Waals surface area contributed by atoms with E-state index in [1.54, 1.807) is 6.07 Å². The van der Waals surface area contributed by atoms with E-state index in [1.165, 1.54) is 24.8 Å². The molecule has 4 rings (SSSR count). The first-order valence-corrected chi connectivity index (χ1v) is 7.22. The molecule has 96 valence electrons. The van der Waals surface area contributed by atoms with Crippen LogP contribution in [0.25, 0.3) is 0 Å². The molecule has 3 aliphatic carbocycles. The van der Waals surface area contributed by atoms with Crippen molar-refractivity contribution in [2.75, 3.05) is 0 Å². The lowest BCUT2D eigenvalue weighted by atomic mass is 10.0. The summed E-state index contributed by atoms with van der Waals surface area (Å²) in [6.45, 7) is 2.74.